The second-order valence-electron chi connectivity index (χ2n) is 4.57. The summed E-state index contributed by atoms with van der Waals surface area (Å²) in [5.74, 6) is 0. The van der Waals surface area contributed by atoms with E-state index in [1.54, 1.807) is 0 Å². The van der Waals surface area contributed by atoms with Crippen molar-refractivity contribution in [3.8, 4) is 0 Å². The van der Waals surface area contributed by atoms with Gasteiger partial charge in [-0.3, -0.25) is 0 Å². The van der Waals surface area contributed by atoms with Gasteiger partial charge in [0.05, 0.1) is 11.7 Å². The molecule has 0 saturated carbocycles. The van der Waals surface area contributed by atoms with Crippen LogP contribution in [-0.4, -0.2) is 9.61 Å². The van der Waals surface area contributed by atoms with Crippen LogP contribution in [-0.2, 0) is 6.42 Å². The summed E-state index contributed by atoms with van der Waals surface area (Å²) in [7, 11) is 0. The maximum absolute atomic E-state index is 6.29. The number of fused-ring (bicyclic) bond motifs is 1. The molecule has 1 unspecified atom stereocenters. The molecule has 1 atom stereocenters. The molecule has 96 valence electrons. The number of rotatable bonds is 3. The predicted octanol–water partition coefficient (Wildman–Crippen LogP) is 3.23. The molecule has 0 aliphatic rings. The molecule has 3 nitrogen and oxygen atoms in total. The van der Waals surface area contributed by atoms with E-state index in [-0.39, 0.29) is 6.04 Å². The molecule has 0 saturated heterocycles. The third kappa shape index (κ3) is 2.48. The molecule has 0 bridgehead atoms. The average molecular weight is 272 g/mol. The number of hydrogen-bond acceptors (Lipinski definition) is 2. The van der Waals surface area contributed by atoms with Crippen LogP contribution >= 0.6 is 11.6 Å². The minimum Gasteiger partial charge on any atom is -0.324 e. The van der Waals surface area contributed by atoms with Gasteiger partial charge in [-0.1, -0.05) is 29.8 Å². The van der Waals surface area contributed by atoms with E-state index in [2.05, 4.69) is 5.10 Å². The first-order valence-corrected chi connectivity index (χ1v) is 6.54. The molecular formula is C15H14ClN3. The van der Waals surface area contributed by atoms with E-state index in [0.717, 1.165) is 22.5 Å². The van der Waals surface area contributed by atoms with E-state index >= 15 is 0 Å². The van der Waals surface area contributed by atoms with Gasteiger partial charge in [-0.15, -0.1) is 0 Å². The van der Waals surface area contributed by atoms with Gasteiger partial charge >= 0.3 is 0 Å². The molecule has 2 N–H and O–H groups in total. The number of halogens is 1. The van der Waals surface area contributed by atoms with E-state index in [9.17, 15) is 0 Å². The fraction of sp³-hybridized carbons (Fsp3) is 0.133. The van der Waals surface area contributed by atoms with Crippen LogP contribution in [0.3, 0.4) is 0 Å². The van der Waals surface area contributed by atoms with E-state index in [1.165, 1.54) is 5.56 Å². The van der Waals surface area contributed by atoms with Crippen molar-refractivity contribution in [3.63, 3.8) is 0 Å². The van der Waals surface area contributed by atoms with Gasteiger partial charge in [0.15, 0.2) is 0 Å². The van der Waals surface area contributed by atoms with Crippen LogP contribution in [0.25, 0.3) is 5.52 Å². The van der Waals surface area contributed by atoms with E-state index in [4.69, 9.17) is 17.3 Å². The van der Waals surface area contributed by atoms with Crippen LogP contribution in [0.4, 0.5) is 0 Å². The van der Waals surface area contributed by atoms with Crippen LogP contribution < -0.4 is 5.73 Å². The van der Waals surface area contributed by atoms with Crippen LogP contribution in [0.15, 0.2) is 54.9 Å². The highest BCUT2D eigenvalue weighted by Crippen LogP contribution is 2.21. The molecule has 0 spiro atoms. The highest BCUT2D eigenvalue weighted by atomic mass is 35.5. The Morgan fingerprint density at radius 3 is 2.74 bits per heavy atom. The molecule has 1 aromatic carbocycles. The largest absolute Gasteiger partial charge is 0.324 e. The van der Waals surface area contributed by atoms with E-state index < -0.39 is 0 Å². The Kier molecular flexibility index (Phi) is 3.23. The van der Waals surface area contributed by atoms with Crippen molar-refractivity contribution in [3.05, 3.63) is 71.0 Å². The first kappa shape index (κ1) is 12.2. The third-order valence-electron chi connectivity index (χ3n) is 3.22. The first-order valence-electron chi connectivity index (χ1n) is 6.16. The second kappa shape index (κ2) is 5.03. The summed E-state index contributed by atoms with van der Waals surface area (Å²) >= 11 is 5.88. The van der Waals surface area contributed by atoms with Gasteiger partial charge < -0.3 is 5.73 Å². The maximum atomic E-state index is 6.29. The fourth-order valence-corrected chi connectivity index (χ4v) is 2.35. The summed E-state index contributed by atoms with van der Waals surface area (Å²) in [5.41, 5.74) is 9.59. The third-order valence-corrected chi connectivity index (χ3v) is 3.48. The van der Waals surface area contributed by atoms with Gasteiger partial charge in [-0.05, 0) is 36.2 Å². The number of aromatic nitrogens is 2. The number of nitrogens with zero attached hydrogens (tertiary/aromatic N) is 2. The van der Waals surface area contributed by atoms with Gasteiger partial charge in [0.1, 0.15) is 0 Å². The standard InChI is InChI=1S/C15H14ClN3/c16-12-6-4-11(5-7-12)9-14(17)13-10-18-19-8-2-1-3-15(13)19/h1-8,10,14H,9,17H2. The van der Waals surface area contributed by atoms with E-state index in [1.807, 2.05) is 59.4 Å². The zero-order valence-electron chi connectivity index (χ0n) is 10.3. The van der Waals surface area contributed by atoms with Gasteiger partial charge in [-0.2, -0.15) is 5.10 Å². The Labute approximate surface area is 116 Å². The summed E-state index contributed by atoms with van der Waals surface area (Å²) in [4.78, 5) is 0. The zero-order valence-corrected chi connectivity index (χ0v) is 11.1. The fourth-order valence-electron chi connectivity index (χ4n) is 2.22. The lowest BCUT2D eigenvalue weighted by atomic mass is 10.0. The molecule has 2 heterocycles. The lowest BCUT2D eigenvalue weighted by Crippen LogP contribution is -2.13. The highest BCUT2D eigenvalue weighted by Gasteiger charge is 2.12. The Morgan fingerprint density at radius 1 is 1.16 bits per heavy atom. The molecular weight excluding hydrogens is 258 g/mol. The SMILES string of the molecule is NC(Cc1ccc(Cl)cc1)c1cnn2ccccc12. The quantitative estimate of drug-likeness (QED) is 0.795. The van der Waals surface area contributed by atoms with Gasteiger partial charge in [0, 0.05) is 22.8 Å². The molecule has 3 rings (SSSR count). The van der Waals surface area contributed by atoms with Gasteiger partial charge in [0.25, 0.3) is 0 Å². The number of hydrogen-bond donors (Lipinski definition) is 1. The highest BCUT2D eigenvalue weighted by molar-refractivity contribution is 6.30. The minimum atomic E-state index is -0.0684. The number of pyridine rings is 1. The monoisotopic (exact) mass is 271 g/mol. The molecule has 19 heavy (non-hydrogen) atoms. The Balaban J connectivity index is 1.87. The molecule has 0 amide bonds. The lowest BCUT2D eigenvalue weighted by Gasteiger charge is -2.10. The Hall–Kier alpha value is -1.84. The Bertz CT molecular complexity index is 688. The van der Waals surface area contributed by atoms with Gasteiger partial charge in [-0.25, -0.2) is 4.52 Å². The van der Waals surface area contributed by atoms with Crippen molar-refractivity contribution < 1.29 is 0 Å². The summed E-state index contributed by atoms with van der Waals surface area (Å²) in [6.45, 7) is 0. The molecule has 0 aliphatic heterocycles. The zero-order chi connectivity index (χ0) is 13.2. The predicted molar refractivity (Wildman–Crippen MR) is 77.3 cm³/mol. The number of benzene rings is 1. The first-order chi connectivity index (χ1) is 9.24. The summed E-state index contributed by atoms with van der Waals surface area (Å²) < 4.78 is 1.84. The van der Waals surface area contributed by atoms with Crippen molar-refractivity contribution in [2.24, 2.45) is 5.73 Å². The smallest absolute Gasteiger partial charge is 0.0709 e. The van der Waals surface area contributed by atoms with Crippen LogP contribution in [0.2, 0.25) is 5.02 Å². The van der Waals surface area contributed by atoms with Crippen LogP contribution in [0, 0.1) is 0 Å². The summed E-state index contributed by atoms with van der Waals surface area (Å²) in [5, 5.41) is 5.05. The van der Waals surface area contributed by atoms with Crippen molar-refractivity contribution in [1.82, 2.24) is 9.61 Å². The van der Waals surface area contributed by atoms with Crippen LogP contribution in [0.1, 0.15) is 17.2 Å². The van der Waals surface area contributed by atoms with Crippen molar-refractivity contribution in [2.75, 3.05) is 0 Å². The normalized spacial score (nSPS) is 12.7. The van der Waals surface area contributed by atoms with Crippen molar-refractivity contribution in [1.29, 1.82) is 0 Å². The maximum Gasteiger partial charge on any atom is 0.0709 e. The molecule has 0 radical (unpaired) electrons. The topological polar surface area (TPSA) is 43.3 Å². The van der Waals surface area contributed by atoms with Crippen LogP contribution in [0.5, 0.6) is 0 Å². The molecule has 2 aromatic heterocycles. The summed E-state index contributed by atoms with van der Waals surface area (Å²) in [6, 6.07) is 13.7. The molecule has 4 heteroatoms. The molecule has 3 aromatic rings. The second-order valence-corrected chi connectivity index (χ2v) is 5.00. The number of nitrogens with two attached hydrogens (primary N) is 1. The van der Waals surface area contributed by atoms with Gasteiger partial charge in [0.2, 0.25) is 0 Å². The Morgan fingerprint density at radius 2 is 1.95 bits per heavy atom. The van der Waals surface area contributed by atoms with E-state index in [0.29, 0.717) is 0 Å². The average Bonchev–Trinajstić information content (AvgIpc) is 2.85. The van der Waals surface area contributed by atoms with Crippen molar-refractivity contribution in [2.45, 2.75) is 12.5 Å². The van der Waals surface area contributed by atoms with Crippen molar-refractivity contribution >= 4 is 17.1 Å². The summed E-state index contributed by atoms with van der Waals surface area (Å²) in [6.07, 6.45) is 4.54. The minimum absolute atomic E-state index is 0.0684. The molecule has 0 fully saturated rings. The lowest BCUT2D eigenvalue weighted by molar-refractivity contribution is 0.727. The molecule has 0 aliphatic carbocycles.